The summed E-state index contributed by atoms with van der Waals surface area (Å²) in [5.41, 5.74) is 0.435. The number of piperidine rings is 1. The van der Waals surface area contributed by atoms with E-state index in [-0.39, 0.29) is 18.0 Å². The van der Waals surface area contributed by atoms with Crippen LogP contribution in [0.25, 0.3) is 0 Å². The summed E-state index contributed by atoms with van der Waals surface area (Å²) < 4.78 is 0. The lowest BCUT2D eigenvalue weighted by Crippen LogP contribution is -2.35. The van der Waals surface area contributed by atoms with Gasteiger partial charge in [0.1, 0.15) is 11.9 Å². The predicted octanol–water partition coefficient (Wildman–Crippen LogP) is 1.16. The van der Waals surface area contributed by atoms with Gasteiger partial charge in [-0.1, -0.05) is 0 Å². The summed E-state index contributed by atoms with van der Waals surface area (Å²) in [5.74, 6) is 0.123. The Labute approximate surface area is 92.0 Å². The Bertz CT molecular complexity index is 433. The highest BCUT2D eigenvalue weighted by Crippen LogP contribution is 2.28. The summed E-state index contributed by atoms with van der Waals surface area (Å²) in [6.07, 6.45) is 4.03. The number of nitrogens with zero attached hydrogens (tertiary/aromatic N) is 3. The van der Waals surface area contributed by atoms with Crippen LogP contribution in [0.15, 0.2) is 18.5 Å². The highest BCUT2D eigenvalue weighted by Gasteiger charge is 2.23. The van der Waals surface area contributed by atoms with Crippen LogP contribution in [0, 0.1) is 10.1 Å². The van der Waals surface area contributed by atoms with E-state index in [9.17, 15) is 14.9 Å². The van der Waals surface area contributed by atoms with Gasteiger partial charge in [-0.25, -0.2) is 0 Å². The lowest BCUT2D eigenvalue weighted by Gasteiger charge is -2.27. The first-order valence-electron chi connectivity index (χ1n) is 5.03. The van der Waals surface area contributed by atoms with Crippen LogP contribution in [-0.2, 0) is 4.79 Å². The number of hydrogen-bond donors (Lipinski definition) is 0. The van der Waals surface area contributed by atoms with Gasteiger partial charge in [0, 0.05) is 19.2 Å². The van der Waals surface area contributed by atoms with E-state index in [1.165, 1.54) is 12.4 Å². The molecule has 0 aliphatic carbocycles. The van der Waals surface area contributed by atoms with Crippen molar-refractivity contribution in [2.75, 3.05) is 18.0 Å². The molecule has 0 spiro atoms. The molecule has 1 fully saturated rings. The molecule has 1 aromatic heterocycles. The first-order chi connectivity index (χ1) is 7.68. The third kappa shape index (κ3) is 2.00. The Hall–Kier alpha value is -1.98. The summed E-state index contributed by atoms with van der Waals surface area (Å²) in [6, 6.07) is 1.58. The van der Waals surface area contributed by atoms with Crippen LogP contribution in [0.4, 0.5) is 11.4 Å². The molecule has 1 saturated heterocycles. The summed E-state index contributed by atoms with van der Waals surface area (Å²) in [6.45, 7) is 0.932. The monoisotopic (exact) mass is 221 g/mol. The van der Waals surface area contributed by atoms with Crippen molar-refractivity contribution in [3.63, 3.8) is 0 Å². The number of nitro groups is 1. The number of pyridine rings is 1. The molecule has 6 heteroatoms. The lowest BCUT2D eigenvalue weighted by atomic mass is 10.1. The Morgan fingerprint density at radius 1 is 1.50 bits per heavy atom. The van der Waals surface area contributed by atoms with Gasteiger partial charge in [-0.2, -0.15) is 0 Å². The standard InChI is InChI=1S/C10H11N3O3/c14-8-2-1-5-12(7-8)9-3-4-11-6-10(9)13(15)16/h3-4,6H,1-2,5,7H2. The number of rotatable bonds is 2. The van der Waals surface area contributed by atoms with Crippen molar-refractivity contribution in [2.24, 2.45) is 0 Å². The average Bonchev–Trinajstić information content (AvgIpc) is 2.29. The molecular weight excluding hydrogens is 210 g/mol. The molecule has 1 aliphatic heterocycles. The molecule has 0 bridgehead atoms. The third-order valence-corrected chi connectivity index (χ3v) is 2.57. The molecule has 2 heterocycles. The molecule has 0 radical (unpaired) electrons. The Morgan fingerprint density at radius 2 is 2.31 bits per heavy atom. The molecular formula is C10H11N3O3. The maximum atomic E-state index is 11.3. The fourth-order valence-electron chi connectivity index (χ4n) is 1.83. The van der Waals surface area contributed by atoms with E-state index in [0.29, 0.717) is 18.7 Å². The van der Waals surface area contributed by atoms with Gasteiger partial charge in [-0.15, -0.1) is 0 Å². The molecule has 1 aliphatic rings. The van der Waals surface area contributed by atoms with E-state index in [2.05, 4.69) is 4.98 Å². The number of anilines is 1. The van der Waals surface area contributed by atoms with E-state index in [4.69, 9.17) is 0 Å². The van der Waals surface area contributed by atoms with Gasteiger partial charge in [0.15, 0.2) is 5.78 Å². The topological polar surface area (TPSA) is 76.3 Å². The van der Waals surface area contributed by atoms with Crippen LogP contribution in [0.2, 0.25) is 0 Å². The SMILES string of the molecule is O=C1CCCN(c2ccncc2[N+](=O)[O-])C1. The van der Waals surface area contributed by atoms with Crippen LogP contribution in [0.5, 0.6) is 0 Å². The second-order valence-corrected chi connectivity index (χ2v) is 3.69. The van der Waals surface area contributed by atoms with Crippen molar-refractivity contribution in [3.8, 4) is 0 Å². The van der Waals surface area contributed by atoms with Crippen molar-refractivity contribution < 1.29 is 9.72 Å². The van der Waals surface area contributed by atoms with Gasteiger partial charge in [0.05, 0.1) is 11.5 Å². The molecule has 84 valence electrons. The van der Waals surface area contributed by atoms with Crippen molar-refractivity contribution in [3.05, 3.63) is 28.6 Å². The predicted molar refractivity (Wildman–Crippen MR) is 57.3 cm³/mol. The molecule has 0 saturated carbocycles. The minimum Gasteiger partial charge on any atom is -0.359 e. The van der Waals surface area contributed by atoms with Crippen LogP contribution in [0.1, 0.15) is 12.8 Å². The second-order valence-electron chi connectivity index (χ2n) is 3.69. The number of carbonyl (C=O) groups is 1. The maximum Gasteiger partial charge on any atom is 0.310 e. The first kappa shape index (κ1) is 10.5. The summed E-state index contributed by atoms with van der Waals surface area (Å²) >= 11 is 0. The highest BCUT2D eigenvalue weighted by molar-refractivity contribution is 5.85. The summed E-state index contributed by atoms with van der Waals surface area (Å²) in [4.78, 5) is 27.1. The van der Waals surface area contributed by atoms with Crippen LogP contribution >= 0.6 is 0 Å². The van der Waals surface area contributed by atoms with E-state index in [0.717, 1.165) is 6.42 Å². The largest absolute Gasteiger partial charge is 0.359 e. The summed E-state index contributed by atoms with van der Waals surface area (Å²) in [7, 11) is 0. The molecule has 0 amide bonds. The fourth-order valence-corrected chi connectivity index (χ4v) is 1.83. The average molecular weight is 221 g/mol. The Kier molecular flexibility index (Phi) is 2.80. The molecule has 0 atom stereocenters. The van der Waals surface area contributed by atoms with Gasteiger partial charge in [-0.05, 0) is 12.5 Å². The van der Waals surface area contributed by atoms with E-state index < -0.39 is 4.92 Å². The minimum atomic E-state index is -0.471. The quantitative estimate of drug-likeness (QED) is 0.553. The van der Waals surface area contributed by atoms with Crippen molar-refractivity contribution >= 4 is 17.2 Å². The molecule has 0 aromatic carbocycles. The Balaban J connectivity index is 2.32. The third-order valence-electron chi connectivity index (χ3n) is 2.57. The zero-order valence-corrected chi connectivity index (χ0v) is 8.63. The number of hydrogen-bond acceptors (Lipinski definition) is 5. The van der Waals surface area contributed by atoms with E-state index in [1.807, 2.05) is 0 Å². The summed E-state index contributed by atoms with van der Waals surface area (Å²) in [5, 5.41) is 10.8. The second kappa shape index (κ2) is 4.26. The van der Waals surface area contributed by atoms with Crippen LogP contribution < -0.4 is 4.90 Å². The Morgan fingerprint density at radius 3 is 3.00 bits per heavy atom. The number of carbonyl (C=O) groups excluding carboxylic acids is 1. The minimum absolute atomic E-state index is 0.0443. The molecule has 1 aromatic rings. The highest BCUT2D eigenvalue weighted by atomic mass is 16.6. The van der Waals surface area contributed by atoms with Crippen LogP contribution in [0.3, 0.4) is 0 Å². The number of ketones is 1. The molecule has 2 rings (SSSR count). The van der Waals surface area contributed by atoms with Gasteiger partial charge >= 0.3 is 5.69 Å². The molecule has 0 N–H and O–H groups in total. The van der Waals surface area contributed by atoms with Gasteiger partial charge in [-0.3, -0.25) is 19.9 Å². The smallest absolute Gasteiger partial charge is 0.310 e. The van der Waals surface area contributed by atoms with E-state index in [1.54, 1.807) is 11.0 Å². The van der Waals surface area contributed by atoms with Crippen molar-refractivity contribution in [1.29, 1.82) is 0 Å². The maximum absolute atomic E-state index is 11.3. The first-order valence-corrected chi connectivity index (χ1v) is 5.03. The van der Waals surface area contributed by atoms with Crippen molar-refractivity contribution in [1.82, 2.24) is 4.98 Å². The van der Waals surface area contributed by atoms with Crippen molar-refractivity contribution in [2.45, 2.75) is 12.8 Å². The normalized spacial score (nSPS) is 16.2. The van der Waals surface area contributed by atoms with Crippen LogP contribution in [-0.4, -0.2) is 28.8 Å². The number of Topliss-reactive ketones (excluding diaryl/α,β-unsaturated/α-hetero) is 1. The number of aromatic nitrogens is 1. The van der Waals surface area contributed by atoms with Gasteiger partial charge in [0.25, 0.3) is 0 Å². The molecule has 16 heavy (non-hydrogen) atoms. The zero-order chi connectivity index (χ0) is 11.5. The zero-order valence-electron chi connectivity index (χ0n) is 8.63. The van der Waals surface area contributed by atoms with Gasteiger partial charge in [0.2, 0.25) is 0 Å². The molecule has 6 nitrogen and oxygen atoms in total. The molecule has 0 unspecified atom stereocenters. The van der Waals surface area contributed by atoms with E-state index >= 15 is 0 Å². The lowest BCUT2D eigenvalue weighted by molar-refractivity contribution is -0.384. The fraction of sp³-hybridized carbons (Fsp3) is 0.400. The van der Waals surface area contributed by atoms with Gasteiger partial charge < -0.3 is 4.90 Å².